The van der Waals surface area contributed by atoms with Crippen molar-refractivity contribution in [1.82, 2.24) is 15.2 Å². The highest BCUT2D eigenvalue weighted by atomic mass is 32.2. The van der Waals surface area contributed by atoms with Crippen LogP contribution < -0.4 is 15.6 Å². The summed E-state index contributed by atoms with van der Waals surface area (Å²) in [5.41, 5.74) is 5.56. The first kappa shape index (κ1) is 29.1. The lowest BCUT2D eigenvalue weighted by Crippen LogP contribution is -2.71. The number of anilines is 1. The number of thioether (sulfide) groups is 1. The molecule has 5 N–H and O–H groups in total. The molecule has 0 radical (unpaired) electrons. The molecule has 2 atom stereocenters. The lowest BCUT2D eigenvalue weighted by atomic mass is 10.0. The lowest BCUT2D eigenvalue weighted by molar-refractivity contribution is -0.669. The van der Waals surface area contributed by atoms with Gasteiger partial charge in [0, 0.05) is 22.8 Å². The monoisotopic (exact) mass is 615 g/mol. The fourth-order valence-corrected chi connectivity index (χ4v) is 6.38. The maximum absolute atomic E-state index is 13.3. The zero-order valence-electron chi connectivity index (χ0n) is 22.9. The van der Waals surface area contributed by atoms with Crippen LogP contribution in [0.25, 0.3) is 11.1 Å². The van der Waals surface area contributed by atoms with Crippen molar-refractivity contribution in [1.29, 1.82) is 0 Å². The minimum absolute atomic E-state index is 0.0270. The van der Waals surface area contributed by atoms with Gasteiger partial charge in [0.25, 0.3) is 11.8 Å². The second-order valence-corrected chi connectivity index (χ2v) is 12.2. The number of aryl methyl sites for hydroxylation is 2. The molecule has 3 aromatic rings. The highest BCUT2D eigenvalue weighted by Gasteiger charge is 2.55. The Bertz CT molecular complexity index is 1710. The molecule has 0 aromatic carbocycles. The van der Waals surface area contributed by atoms with Crippen LogP contribution in [0, 0.1) is 13.8 Å². The number of thiazole rings is 1. The molecule has 14 nitrogen and oxygen atoms in total. The van der Waals surface area contributed by atoms with Crippen molar-refractivity contribution in [2.24, 2.45) is 5.16 Å². The molecule has 3 aromatic heterocycles. The molecule has 2 aliphatic rings. The van der Waals surface area contributed by atoms with Gasteiger partial charge in [0.2, 0.25) is 5.60 Å². The first-order chi connectivity index (χ1) is 19.8. The van der Waals surface area contributed by atoms with E-state index in [1.807, 2.05) is 32.2 Å². The second-order valence-electron chi connectivity index (χ2n) is 10.2. The van der Waals surface area contributed by atoms with E-state index in [9.17, 15) is 29.4 Å². The number of β-lactam (4-membered cyclic amide) rings is 1. The molecule has 42 heavy (non-hydrogen) atoms. The van der Waals surface area contributed by atoms with E-state index in [0.29, 0.717) is 11.3 Å². The first-order valence-corrected chi connectivity index (χ1v) is 14.5. The summed E-state index contributed by atoms with van der Waals surface area (Å²) < 4.78 is 7.67. The summed E-state index contributed by atoms with van der Waals surface area (Å²) >= 11 is 2.33. The third-order valence-electron chi connectivity index (χ3n) is 6.78. The van der Waals surface area contributed by atoms with Gasteiger partial charge >= 0.3 is 17.7 Å². The topological polar surface area (TPSA) is 202 Å². The second kappa shape index (κ2) is 10.8. The fraction of sp³-hybridized carbons (Fsp3) is 0.346. The Hall–Kier alpha value is -4.44. The molecule has 5 heterocycles. The smallest absolute Gasteiger partial charge is 0.381 e. The maximum atomic E-state index is 13.3. The Kier molecular flexibility index (Phi) is 7.44. The summed E-state index contributed by atoms with van der Waals surface area (Å²) in [5, 5.41) is 27.5. The number of pyridine rings is 1. The van der Waals surface area contributed by atoms with Gasteiger partial charge in [-0.25, -0.2) is 14.6 Å². The minimum atomic E-state index is -1.76. The predicted molar refractivity (Wildman–Crippen MR) is 151 cm³/mol. The average Bonchev–Trinajstić information content (AvgIpc) is 3.54. The number of nitrogens with one attached hydrogen (secondary N) is 1. The zero-order valence-corrected chi connectivity index (χ0v) is 24.5. The van der Waals surface area contributed by atoms with E-state index in [4.69, 9.17) is 15.0 Å². The molecule has 1 fully saturated rings. The predicted octanol–water partition coefficient (Wildman–Crippen LogP) is 1.40. The summed E-state index contributed by atoms with van der Waals surface area (Å²) in [7, 11) is 0. The minimum Gasteiger partial charge on any atom is -0.478 e. The third-order valence-corrected chi connectivity index (χ3v) is 8.80. The number of hydrogen-bond donors (Lipinski definition) is 4. The Morgan fingerprint density at radius 3 is 2.71 bits per heavy atom. The van der Waals surface area contributed by atoms with Crippen LogP contribution in [0.4, 0.5) is 5.13 Å². The summed E-state index contributed by atoms with van der Waals surface area (Å²) in [4.78, 5) is 60.7. The summed E-state index contributed by atoms with van der Waals surface area (Å²) in [6.07, 6.45) is 1.81. The van der Waals surface area contributed by atoms with Crippen molar-refractivity contribution in [3.63, 3.8) is 0 Å². The van der Waals surface area contributed by atoms with E-state index in [1.165, 1.54) is 31.0 Å². The number of fused-ring (bicyclic) bond motifs is 2. The molecule has 0 bridgehead atoms. The standard InChI is InChI=1S/C26H26N6O8S2/c1-11-5-6-31(21-14(11)7-12(2)39-21)8-13-9-41-22-17(20(34)32(22)18(13)23(35)36)29-19(33)16(15-10-42-25(27)28-15)30-40-26(3,4)24(37)38/h5-7,10,17,22H,8-9H2,1-4H3,(H4-,27,28,29,33,35,36,37,38)/p+1/b30-16-/t17?,22-/m1/s1. The quantitative estimate of drug-likeness (QED) is 0.117. The number of furan rings is 1. The number of nitrogens with zero attached hydrogens (tertiary/aromatic N) is 4. The van der Waals surface area contributed by atoms with Crippen LogP contribution >= 0.6 is 23.1 Å². The number of carboxylic acid groups (broad SMARTS) is 2. The Morgan fingerprint density at radius 2 is 2.07 bits per heavy atom. The number of carbonyl (C=O) groups is 4. The number of carboxylic acids is 2. The van der Waals surface area contributed by atoms with Crippen LogP contribution in [0.15, 0.2) is 44.6 Å². The highest BCUT2D eigenvalue weighted by molar-refractivity contribution is 8.00. The molecule has 2 aliphatic heterocycles. The fourth-order valence-electron chi connectivity index (χ4n) is 4.50. The van der Waals surface area contributed by atoms with Crippen LogP contribution in [0.2, 0.25) is 0 Å². The summed E-state index contributed by atoms with van der Waals surface area (Å²) in [5.74, 6) is -3.07. The van der Waals surface area contributed by atoms with Crippen molar-refractivity contribution in [3.05, 3.63) is 52.0 Å². The van der Waals surface area contributed by atoms with E-state index in [-0.39, 0.29) is 34.5 Å². The van der Waals surface area contributed by atoms with E-state index >= 15 is 0 Å². The largest absolute Gasteiger partial charge is 0.478 e. The third kappa shape index (κ3) is 5.18. The molecule has 5 rings (SSSR count). The van der Waals surface area contributed by atoms with Crippen molar-refractivity contribution < 1.29 is 43.2 Å². The van der Waals surface area contributed by atoms with Crippen LogP contribution in [0.1, 0.15) is 30.9 Å². The Labute approximate surface area is 246 Å². The molecule has 0 saturated carbocycles. The van der Waals surface area contributed by atoms with Crippen molar-refractivity contribution in [2.75, 3.05) is 11.5 Å². The lowest BCUT2D eigenvalue weighted by Gasteiger charge is -2.49. The van der Waals surface area contributed by atoms with Crippen LogP contribution in [0.5, 0.6) is 0 Å². The number of aromatic nitrogens is 2. The first-order valence-electron chi connectivity index (χ1n) is 12.6. The molecule has 16 heteroatoms. The Morgan fingerprint density at radius 1 is 1.33 bits per heavy atom. The van der Waals surface area contributed by atoms with Crippen LogP contribution in [-0.2, 0) is 30.6 Å². The van der Waals surface area contributed by atoms with Crippen molar-refractivity contribution in [3.8, 4) is 0 Å². The molecular weight excluding hydrogens is 588 g/mol. The molecule has 1 saturated heterocycles. The summed E-state index contributed by atoms with van der Waals surface area (Å²) in [6.45, 7) is 6.47. The van der Waals surface area contributed by atoms with E-state index < -0.39 is 40.8 Å². The van der Waals surface area contributed by atoms with Gasteiger partial charge in [-0.1, -0.05) is 5.16 Å². The number of amides is 2. The van der Waals surface area contributed by atoms with Gasteiger partial charge in [0.15, 0.2) is 23.6 Å². The van der Waals surface area contributed by atoms with Gasteiger partial charge in [0.1, 0.15) is 28.6 Å². The maximum Gasteiger partial charge on any atom is 0.381 e. The molecule has 220 valence electrons. The number of nitrogen functional groups attached to an aromatic ring is 1. The van der Waals surface area contributed by atoms with Gasteiger partial charge in [-0.3, -0.25) is 14.5 Å². The SMILES string of the molecule is Cc1cc2c(C)cc[n+](CC3=C(C(=O)O)N4C(=O)C(NC(=O)/C(=N\OC(C)(C)C(=O)O)c5csc(N)n5)[C@H]4SC3)c2o1. The van der Waals surface area contributed by atoms with Gasteiger partial charge in [-0.05, 0) is 39.3 Å². The average molecular weight is 616 g/mol. The van der Waals surface area contributed by atoms with Crippen LogP contribution in [-0.4, -0.2) is 72.3 Å². The highest BCUT2D eigenvalue weighted by Crippen LogP contribution is 2.40. The number of carbonyl (C=O) groups excluding carboxylic acids is 2. The molecular formula is C26H27N6O8S2+. The van der Waals surface area contributed by atoms with Crippen molar-refractivity contribution >= 4 is 68.8 Å². The van der Waals surface area contributed by atoms with Crippen LogP contribution in [0.3, 0.4) is 0 Å². The van der Waals surface area contributed by atoms with Gasteiger partial charge in [0.05, 0.1) is 5.39 Å². The molecule has 2 amide bonds. The number of oxime groups is 1. The van der Waals surface area contributed by atoms with Gasteiger partial charge in [-0.15, -0.1) is 23.1 Å². The number of aliphatic carboxylic acids is 2. The van der Waals surface area contributed by atoms with Gasteiger partial charge < -0.3 is 30.5 Å². The number of rotatable bonds is 9. The number of nitrogens with two attached hydrogens (primary N) is 1. The zero-order chi connectivity index (χ0) is 30.5. The molecule has 0 spiro atoms. The van der Waals surface area contributed by atoms with Crippen molar-refractivity contribution in [2.45, 2.75) is 51.3 Å². The Balaban J connectivity index is 1.39. The summed E-state index contributed by atoms with van der Waals surface area (Å²) in [6, 6.07) is 2.75. The number of hydrogen-bond acceptors (Lipinski definition) is 11. The molecule has 1 unspecified atom stereocenters. The normalized spacial score (nSPS) is 19.0. The van der Waals surface area contributed by atoms with E-state index in [1.54, 1.807) is 4.57 Å². The van der Waals surface area contributed by atoms with E-state index in [0.717, 1.165) is 32.9 Å². The van der Waals surface area contributed by atoms with Gasteiger partial charge in [-0.2, -0.15) is 4.57 Å². The van der Waals surface area contributed by atoms with E-state index in [2.05, 4.69) is 15.5 Å². The molecule has 0 aliphatic carbocycles.